The Kier molecular flexibility index (Phi) is 6.40. The van der Waals surface area contributed by atoms with Crippen molar-refractivity contribution in [1.82, 2.24) is 20.7 Å². The molecule has 10 nitrogen and oxygen atoms in total. The van der Waals surface area contributed by atoms with Crippen molar-refractivity contribution in [1.29, 1.82) is 0 Å². The summed E-state index contributed by atoms with van der Waals surface area (Å²) in [5, 5.41) is 17.7. The quantitative estimate of drug-likeness (QED) is 0.346. The number of hydrazine groups is 1. The maximum absolute atomic E-state index is 13.1. The van der Waals surface area contributed by atoms with Crippen LogP contribution in [0, 0.1) is 11.8 Å². The van der Waals surface area contributed by atoms with Crippen LogP contribution in [0.2, 0.25) is 0 Å². The Morgan fingerprint density at radius 1 is 1.44 bits per heavy atom. The molecular weight excluding hydrogens is 354 g/mol. The number of carbonyl (C=O) groups is 3. The Morgan fingerprint density at radius 3 is 2.89 bits per heavy atom. The molecule has 1 aromatic rings. The molecule has 148 valence electrons. The molecule has 0 radical (unpaired) electrons. The number of aromatic nitrogens is 1. The van der Waals surface area contributed by atoms with E-state index >= 15 is 0 Å². The second-order valence-corrected chi connectivity index (χ2v) is 7.11. The minimum absolute atomic E-state index is 0.0887. The fourth-order valence-electron chi connectivity index (χ4n) is 3.89. The number of nitrogens with zero attached hydrogens (tertiary/aromatic N) is 3. The number of hydroxylamine groups is 2. The molecular formula is C17H25N5O5. The summed E-state index contributed by atoms with van der Waals surface area (Å²) in [5.41, 5.74) is 2.95. The smallest absolute Gasteiger partial charge is 0.250 e. The van der Waals surface area contributed by atoms with E-state index in [1.54, 1.807) is 0 Å². The molecule has 0 unspecified atom stereocenters. The Labute approximate surface area is 156 Å². The molecule has 3 rings (SSSR count). The monoisotopic (exact) mass is 379 g/mol. The Hall–Kier alpha value is -2.46. The van der Waals surface area contributed by atoms with E-state index in [-0.39, 0.29) is 24.2 Å². The van der Waals surface area contributed by atoms with E-state index in [1.165, 1.54) is 17.3 Å². The van der Waals surface area contributed by atoms with Crippen LogP contribution in [0.1, 0.15) is 38.5 Å². The number of carbonyl (C=O) groups excluding carboxylic acids is 3. The van der Waals surface area contributed by atoms with Gasteiger partial charge in [0.15, 0.2) is 5.82 Å². The second kappa shape index (κ2) is 8.96. The lowest BCUT2D eigenvalue weighted by molar-refractivity contribution is -0.159. The number of amides is 3. The predicted molar refractivity (Wildman–Crippen MR) is 93.0 cm³/mol. The van der Waals surface area contributed by atoms with Gasteiger partial charge in [-0.25, -0.2) is 10.5 Å². The summed E-state index contributed by atoms with van der Waals surface area (Å²) in [5.74, 6) is -0.553. The highest BCUT2D eigenvalue weighted by molar-refractivity contribution is 5.97. The topological polar surface area (TPSA) is 128 Å². The Balaban J connectivity index is 1.68. The predicted octanol–water partition coefficient (Wildman–Crippen LogP) is 0.763. The lowest BCUT2D eigenvalue weighted by Gasteiger charge is -2.29. The lowest BCUT2D eigenvalue weighted by atomic mass is 9.92. The molecule has 0 aromatic carbocycles. The first kappa shape index (κ1) is 19.3. The summed E-state index contributed by atoms with van der Waals surface area (Å²) < 4.78 is 4.69. The third kappa shape index (κ3) is 4.83. The average Bonchev–Trinajstić information content (AvgIpc) is 3.42. The molecule has 3 N–H and O–H groups in total. The first-order valence-corrected chi connectivity index (χ1v) is 9.27. The van der Waals surface area contributed by atoms with Crippen molar-refractivity contribution in [3.05, 3.63) is 12.3 Å². The van der Waals surface area contributed by atoms with Crippen molar-refractivity contribution >= 4 is 24.0 Å². The van der Waals surface area contributed by atoms with Gasteiger partial charge < -0.3 is 9.84 Å². The minimum atomic E-state index is -0.691. The van der Waals surface area contributed by atoms with Crippen molar-refractivity contribution in [2.24, 2.45) is 11.8 Å². The van der Waals surface area contributed by atoms with Crippen LogP contribution >= 0.6 is 0 Å². The van der Waals surface area contributed by atoms with Crippen molar-refractivity contribution in [3.63, 3.8) is 0 Å². The molecule has 1 saturated carbocycles. The second-order valence-electron chi connectivity index (χ2n) is 7.11. The Morgan fingerprint density at radius 2 is 2.22 bits per heavy atom. The summed E-state index contributed by atoms with van der Waals surface area (Å²) in [4.78, 5) is 36.5. The molecule has 2 heterocycles. The molecule has 27 heavy (non-hydrogen) atoms. The van der Waals surface area contributed by atoms with Crippen LogP contribution < -0.4 is 10.7 Å². The van der Waals surface area contributed by atoms with Crippen LogP contribution in [0.3, 0.4) is 0 Å². The standard InChI is InChI=1S/C17H25N5O5/c23-11-21(26)10-13(9-12-3-1-2-4-12)17(25)22-14(5-7-18-22)16(24)19-15-6-8-27-20-15/h6,8,11-14,18,26H,1-5,7,9-10H2,(H,19,20,24)/t13-,14+/m1/s1. The molecule has 10 heteroatoms. The molecule has 1 aliphatic carbocycles. The van der Waals surface area contributed by atoms with Crippen LogP contribution in [0.5, 0.6) is 0 Å². The number of rotatable bonds is 8. The van der Waals surface area contributed by atoms with E-state index in [0.29, 0.717) is 36.8 Å². The van der Waals surface area contributed by atoms with Gasteiger partial charge in [-0.1, -0.05) is 30.8 Å². The molecule has 2 atom stereocenters. The highest BCUT2D eigenvalue weighted by Crippen LogP contribution is 2.31. The highest BCUT2D eigenvalue weighted by Gasteiger charge is 2.39. The molecule has 1 aliphatic heterocycles. The molecule has 1 aromatic heterocycles. The molecule has 2 aliphatic rings. The van der Waals surface area contributed by atoms with Crippen LogP contribution in [0.15, 0.2) is 16.9 Å². The maximum Gasteiger partial charge on any atom is 0.250 e. The van der Waals surface area contributed by atoms with E-state index in [9.17, 15) is 19.6 Å². The largest absolute Gasteiger partial charge is 0.363 e. The van der Waals surface area contributed by atoms with Gasteiger partial charge in [-0.2, -0.15) is 0 Å². The summed E-state index contributed by atoms with van der Waals surface area (Å²) >= 11 is 0. The van der Waals surface area contributed by atoms with E-state index in [4.69, 9.17) is 4.52 Å². The SMILES string of the molecule is O=CN(O)C[C@@H](CC1CCCC1)C(=O)N1NCC[C@H]1C(=O)Nc1ccon1. The van der Waals surface area contributed by atoms with Gasteiger partial charge in [-0.15, -0.1) is 0 Å². The summed E-state index contributed by atoms with van der Waals surface area (Å²) in [6, 6.07) is 0.826. The summed E-state index contributed by atoms with van der Waals surface area (Å²) in [6.07, 6.45) is 7.03. The van der Waals surface area contributed by atoms with Gasteiger partial charge in [-0.05, 0) is 18.8 Å². The summed E-state index contributed by atoms with van der Waals surface area (Å²) in [7, 11) is 0. The third-order valence-corrected chi connectivity index (χ3v) is 5.21. The Bertz CT molecular complexity index is 646. The van der Waals surface area contributed by atoms with Crippen LogP contribution in [0.25, 0.3) is 0 Å². The number of anilines is 1. The number of hydrogen-bond acceptors (Lipinski definition) is 7. The fraction of sp³-hybridized carbons (Fsp3) is 0.647. The van der Waals surface area contributed by atoms with E-state index in [0.717, 1.165) is 25.7 Å². The fourth-order valence-corrected chi connectivity index (χ4v) is 3.89. The first-order valence-electron chi connectivity index (χ1n) is 9.27. The lowest BCUT2D eigenvalue weighted by Crippen LogP contribution is -2.51. The van der Waals surface area contributed by atoms with Gasteiger partial charge in [-0.3, -0.25) is 24.6 Å². The zero-order valence-corrected chi connectivity index (χ0v) is 15.0. The molecule has 0 spiro atoms. The van der Waals surface area contributed by atoms with Gasteiger partial charge in [0.05, 0.1) is 12.5 Å². The zero-order chi connectivity index (χ0) is 19.2. The number of hydrogen-bond donors (Lipinski definition) is 3. The zero-order valence-electron chi connectivity index (χ0n) is 15.0. The molecule has 1 saturated heterocycles. The van der Waals surface area contributed by atoms with Gasteiger partial charge in [0.25, 0.3) is 0 Å². The van der Waals surface area contributed by atoms with Crippen molar-refractivity contribution in [3.8, 4) is 0 Å². The normalized spacial score (nSPS) is 21.2. The minimum Gasteiger partial charge on any atom is -0.363 e. The third-order valence-electron chi connectivity index (χ3n) is 5.21. The maximum atomic E-state index is 13.1. The van der Waals surface area contributed by atoms with Crippen molar-refractivity contribution in [2.75, 3.05) is 18.4 Å². The first-order chi connectivity index (χ1) is 13.1. The molecule has 2 fully saturated rings. The van der Waals surface area contributed by atoms with E-state index in [1.807, 2.05) is 0 Å². The summed E-state index contributed by atoms with van der Waals surface area (Å²) in [6.45, 7) is 0.393. The van der Waals surface area contributed by atoms with Crippen LogP contribution in [-0.4, -0.2) is 57.8 Å². The highest BCUT2D eigenvalue weighted by atomic mass is 16.5. The van der Waals surface area contributed by atoms with E-state index in [2.05, 4.69) is 15.9 Å². The average molecular weight is 379 g/mol. The van der Waals surface area contributed by atoms with Gasteiger partial charge in [0.1, 0.15) is 12.3 Å². The van der Waals surface area contributed by atoms with Crippen LogP contribution in [0.4, 0.5) is 5.82 Å². The molecule has 0 bridgehead atoms. The van der Waals surface area contributed by atoms with Crippen molar-refractivity contribution in [2.45, 2.75) is 44.6 Å². The van der Waals surface area contributed by atoms with Gasteiger partial charge >= 0.3 is 0 Å². The van der Waals surface area contributed by atoms with Gasteiger partial charge in [0, 0.05) is 12.6 Å². The van der Waals surface area contributed by atoms with E-state index < -0.39 is 12.0 Å². The molecule has 3 amide bonds. The van der Waals surface area contributed by atoms with Gasteiger partial charge in [0.2, 0.25) is 18.2 Å². The van der Waals surface area contributed by atoms with Crippen molar-refractivity contribution < 1.29 is 24.1 Å². The van der Waals surface area contributed by atoms with Crippen LogP contribution in [-0.2, 0) is 14.4 Å². The number of nitrogens with one attached hydrogen (secondary N) is 2.